The van der Waals surface area contributed by atoms with E-state index in [-0.39, 0.29) is 0 Å². The SMILES string of the molecule is CCc1ccc(CC)c2c1-c1cc3[nH]c(nc4cc(c(C)c5[nH]c(nc-2n1)c1c(CC)ccc(CC)c51)-c1c(CC)ccc(CC)c1-4)c1c(CC)ccc(CC)c31. The highest BCUT2D eigenvalue weighted by Crippen LogP contribution is 2.47. The van der Waals surface area contributed by atoms with E-state index in [0.717, 1.165) is 90.9 Å². The Labute approximate surface area is 337 Å². The first kappa shape index (κ1) is 37.1. The van der Waals surface area contributed by atoms with Crippen molar-refractivity contribution in [3.8, 4) is 45.0 Å². The molecule has 0 fully saturated rings. The second kappa shape index (κ2) is 14.4. The lowest BCUT2D eigenvalue weighted by Crippen LogP contribution is -1.95. The van der Waals surface area contributed by atoms with Crippen LogP contribution in [0.3, 0.4) is 0 Å². The van der Waals surface area contributed by atoms with E-state index in [2.05, 4.69) is 133 Å². The second-order valence-electron chi connectivity index (χ2n) is 15.9. The molecule has 0 unspecified atom stereocenters. The molecule has 4 heterocycles. The van der Waals surface area contributed by atoms with E-state index in [4.69, 9.17) is 15.0 Å². The van der Waals surface area contributed by atoms with Crippen molar-refractivity contribution in [3.05, 3.63) is 111 Å². The quantitative estimate of drug-likeness (QED) is 0.162. The van der Waals surface area contributed by atoms with Gasteiger partial charge in [-0.1, -0.05) is 104 Å². The Morgan fingerprint density at radius 3 is 1.39 bits per heavy atom. The smallest absolute Gasteiger partial charge is 0.163 e. The molecule has 8 bridgehead atoms. The van der Waals surface area contributed by atoms with Gasteiger partial charge in [-0.05, 0) is 132 Å². The number of rotatable bonds is 8. The van der Waals surface area contributed by atoms with Crippen molar-refractivity contribution >= 4 is 43.9 Å². The maximum absolute atomic E-state index is 5.74. The van der Waals surface area contributed by atoms with Crippen molar-refractivity contribution in [1.29, 1.82) is 0 Å². The molecular formula is C52H55N5. The number of nitrogens with one attached hydrogen (secondary N) is 2. The third-order valence-corrected chi connectivity index (χ3v) is 13.1. The molecule has 7 aromatic rings. The van der Waals surface area contributed by atoms with Gasteiger partial charge < -0.3 is 9.97 Å². The summed E-state index contributed by atoms with van der Waals surface area (Å²) in [6, 6.07) is 23.3. The summed E-state index contributed by atoms with van der Waals surface area (Å²) in [5, 5.41) is 4.97. The van der Waals surface area contributed by atoms with E-state index >= 15 is 0 Å². The molecule has 0 radical (unpaired) electrons. The Kier molecular flexibility index (Phi) is 9.38. The summed E-state index contributed by atoms with van der Waals surface area (Å²) in [7, 11) is 0. The van der Waals surface area contributed by atoms with Gasteiger partial charge in [-0.25, -0.2) is 15.0 Å². The third-order valence-electron chi connectivity index (χ3n) is 13.1. The fraction of sp³-hybridized carbons (Fsp3) is 0.327. The number of benzene rings is 4. The number of aromatic nitrogens is 5. The molecule has 9 rings (SSSR count). The van der Waals surface area contributed by atoms with Gasteiger partial charge in [-0.3, -0.25) is 0 Å². The van der Waals surface area contributed by atoms with Crippen LogP contribution in [-0.2, 0) is 51.4 Å². The van der Waals surface area contributed by atoms with Crippen molar-refractivity contribution in [2.24, 2.45) is 0 Å². The monoisotopic (exact) mass is 749 g/mol. The van der Waals surface area contributed by atoms with E-state index in [9.17, 15) is 0 Å². The molecule has 0 spiro atoms. The van der Waals surface area contributed by atoms with Gasteiger partial charge in [-0.2, -0.15) is 0 Å². The fourth-order valence-corrected chi connectivity index (χ4v) is 10.0. The third kappa shape index (κ3) is 5.52. The van der Waals surface area contributed by atoms with Crippen molar-refractivity contribution in [2.75, 3.05) is 0 Å². The predicted molar refractivity (Wildman–Crippen MR) is 242 cm³/mol. The van der Waals surface area contributed by atoms with E-state index in [1.165, 1.54) is 99.4 Å². The summed E-state index contributed by atoms with van der Waals surface area (Å²) >= 11 is 0. The fourth-order valence-electron chi connectivity index (χ4n) is 10.0. The second-order valence-corrected chi connectivity index (χ2v) is 15.9. The van der Waals surface area contributed by atoms with Crippen molar-refractivity contribution in [3.63, 3.8) is 0 Å². The summed E-state index contributed by atoms with van der Waals surface area (Å²) in [4.78, 5) is 24.9. The first-order valence-electron chi connectivity index (χ1n) is 21.6. The topological polar surface area (TPSA) is 70.2 Å². The molecule has 3 aromatic heterocycles. The minimum absolute atomic E-state index is 0.791. The minimum Gasteiger partial charge on any atom is -0.339 e. The zero-order chi connectivity index (χ0) is 39.7. The zero-order valence-corrected chi connectivity index (χ0v) is 35.3. The summed E-state index contributed by atoms with van der Waals surface area (Å²) in [5.41, 5.74) is 24.0. The molecule has 0 saturated heterocycles. The highest BCUT2D eigenvalue weighted by Gasteiger charge is 2.28. The molecule has 4 aromatic carbocycles. The summed E-state index contributed by atoms with van der Waals surface area (Å²) in [5.74, 6) is 0.791. The van der Waals surface area contributed by atoms with Crippen LogP contribution in [-0.4, -0.2) is 24.9 Å². The van der Waals surface area contributed by atoms with Crippen LogP contribution in [0, 0.1) is 6.92 Å². The molecule has 57 heavy (non-hydrogen) atoms. The molecule has 0 amide bonds. The number of aryl methyl sites for hydroxylation is 9. The number of aromatic amines is 2. The molecule has 1 aliphatic carbocycles. The van der Waals surface area contributed by atoms with E-state index < -0.39 is 0 Å². The Balaban J connectivity index is 1.61. The molecule has 5 heteroatoms. The number of hydrogen-bond donors (Lipinski definition) is 2. The molecule has 2 N–H and O–H groups in total. The van der Waals surface area contributed by atoms with Gasteiger partial charge in [0.2, 0.25) is 0 Å². The maximum atomic E-state index is 5.74. The van der Waals surface area contributed by atoms with Crippen LogP contribution < -0.4 is 0 Å². The summed E-state index contributed by atoms with van der Waals surface area (Å²) in [6.07, 6.45) is 7.37. The first-order chi connectivity index (χ1) is 27.8. The van der Waals surface area contributed by atoms with Gasteiger partial charge in [0.15, 0.2) is 5.82 Å². The van der Waals surface area contributed by atoms with Crippen LogP contribution in [0.15, 0.2) is 60.7 Å². The van der Waals surface area contributed by atoms with Crippen molar-refractivity contribution < 1.29 is 0 Å². The average molecular weight is 750 g/mol. The lowest BCUT2D eigenvalue weighted by Gasteiger charge is -2.14. The molecule has 288 valence electrons. The summed E-state index contributed by atoms with van der Waals surface area (Å²) in [6.45, 7) is 20.4. The minimum atomic E-state index is 0.791. The molecule has 2 aliphatic rings. The van der Waals surface area contributed by atoms with Crippen LogP contribution in [0.25, 0.3) is 88.9 Å². The Morgan fingerprint density at radius 2 is 0.825 bits per heavy atom. The molecule has 1 aliphatic heterocycles. The van der Waals surface area contributed by atoms with Crippen LogP contribution in [0.2, 0.25) is 0 Å². The van der Waals surface area contributed by atoms with Crippen LogP contribution in [0.5, 0.6) is 0 Å². The standard InChI is InChI=1S/C52H55N5/c1-10-29-18-19-30(11-2)42-38-26-37(41(29)42)28(9)49-45-33(14-5)22-25-36(17-8)48(45)52(56-49)57-51-47-35(16-7)24-21-32(13-4)44(47)40(55-51)27-39-43-31(12-3)20-23-34(15-6)46(43)50(53-38)54-39/h18-27H,10-17H2,1-9H3,(H,53,54)(H,55,56,57). The van der Waals surface area contributed by atoms with Crippen molar-refractivity contribution in [1.82, 2.24) is 24.9 Å². The Morgan fingerprint density at radius 1 is 0.404 bits per heavy atom. The largest absolute Gasteiger partial charge is 0.339 e. The van der Waals surface area contributed by atoms with E-state index in [1.54, 1.807) is 0 Å². The van der Waals surface area contributed by atoms with E-state index in [0.29, 0.717) is 0 Å². The number of nitrogens with zero attached hydrogens (tertiary/aromatic N) is 3. The van der Waals surface area contributed by atoms with Gasteiger partial charge in [0.25, 0.3) is 0 Å². The average Bonchev–Trinajstić information content (AvgIpc) is 4.01. The molecule has 0 saturated carbocycles. The highest BCUT2D eigenvalue weighted by atomic mass is 15.0. The summed E-state index contributed by atoms with van der Waals surface area (Å²) < 4.78 is 0. The number of fused-ring (bicyclic) bond motifs is 20. The normalized spacial score (nSPS) is 12.2. The van der Waals surface area contributed by atoms with Gasteiger partial charge in [-0.15, -0.1) is 0 Å². The first-order valence-corrected chi connectivity index (χ1v) is 21.6. The predicted octanol–water partition coefficient (Wildman–Crippen LogP) is 13.5. The Hall–Kier alpha value is -5.55. The molecule has 0 atom stereocenters. The van der Waals surface area contributed by atoms with Gasteiger partial charge in [0.1, 0.15) is 11.3 Å². The van der Waals surface area contributed by atoms with Crippen LogP contribution in [0.4, 0.5) is 0 Å². The van der Waals surface area contributed by atoms with Gasteiger partial charge in [0.05, 0.1) is 22.4 Å². The Bertz CT molecular complexity index is 2960. The molecule has 5 nitrogen and oxygen atoms in total. The highest BCUT2D eigenvalue weighted by molar-refractivity contribution is 6.13. The number of hydrogen-bond acceptors (Lipinski definition) is 3. The lowest BCUT2D eigenvalue weighted by atomic mass is 9.90. The van der Waals surface area contributed by atoms with Gasteiger partial charge in [0, 0.05) is 38.2 Å². The van der Waals surface area contributed by atoms with E-state index in [1.807, 2.05) is 0 Å². The lowest BCUT2D eigenvalue weighted by molar-refractivity contribution is 1.10. The van der Waals surface area contributed by atoms with Gasteiger partial charge >= 0.3 is 0 Å². The van der Waals surface area contributed by atoms with Crippen LogP contribution in [0.1, 0.15) is 105 Å². The molecular weight excluding hydrogens is 695 g/mol. The maximum Gasteiger partial charge on any atom is 0.163 e. The zero-order valence-electron chi connectivity index (χ0n) is 35.3. The van der Waals surface area contributed by atoms with Crippen molar-refractivity contribution in [2.45, 2.75) is 114 Å². The van der Waals surface area contributed by atoms with Crippen LogP contribution >= 0.6 is 0 Å². The number of H-pyrrole nitrogens is 2.